The van der Waals surface area contributed by atoms with Crippen molar-refractivity contribution < 1.29 is 9.53 Å². The zero-order valence-electron chi connectivity index (χ0n) is 9.49. The zero-order valence-corrected chi connectivity index (χ0v) is 10.3. The van der Waals surface area contributed by atoms with Gasteiger partial charge >= 0.3 is 0 Å². The van der Waals surface area contributed by atoms with Crippen LogP contribution in [0.25, 0.3) is 0 Å². The highest BCUT2D eigenvalue weighted by Gasteiger charge is 1.99. The molecule has 4 nitrogen and oxygen atoms in total. The quantitative estimate of drug-likeness (QED) is 0.658. The molecule has 0 saturated carbocycles. The van der Waals surface area contributed by atoms with Crippen LogP contribution in [0, 0.1) is 0 Å². The standard InChI is InChI=1S/C11H18N2O2S/c1-15-6-5-12-8-11(14)13-4-2-10-3-7-16-9-10/h3,7,9,12H,2,4-6,8H2,1H3,(H,13,14). The van der Waals surface area contributed by atoms with Crippen LogP contribution in [0.4, 0.5) is 0 Å². The number of methoxy groups -OCH3 is 1. The molecule has 1 aromatic rings. The first-order valence-electron chi connectivity index (χ1n) is 5.30. The summed E-state index contributed by atoms with van der Waals surface area (Å²) in [6.45, 7) is 2.38. The number of rotatable bonds is 8. The molecule has 0 aromatic carbocycles. The van der Waals surface area contributed by atoms with Gasteiger partial charge in [0.1, 0.15) is 0 Å². The van der Waals surface area contributed by atoms with Gasteiger partial charge in [-0.1, -0.05) is 0 Å². The van der Waals surface area contributed by atoms with Gasteiger partial charge in [0.25, 0.3) is 0 Å². The monoisotopic (exact) mass is 242 g/mol. The summed E-state index contributed by atoms with van der Waals surface area (Å²) in [5, 5.41) is 10.0. The molecule has 90 valence electrons. The van der Waals surface area contributed by atoms with Crippen molar-refractivity contribution in [3.63, 3.8) is 0 Å². The summed E-state index contributed by atoms with van der Waals surface area (Å²) in [5.74, 6) is 0.0336. The summed E-state index contributed by atoms with van der Waals surface area (Å²) in [7, 11) is 1.64. The smallest absolute Gasteiger partial charge is 0.233 e. The van der Waals surface area contributed by atoms with Crippen LogP contribution in [-0.2, 0) is 16.0 Å². The van der Waals surface area contributed by atoms with Crippen LogP contribution in [0.1, 0.15) is 5.56 Å². The molecule has 16 heavy (non-hydrogen) atoms. The molecule has 1 aromatic heterocycles. The first-order valence-corrected chi connectivity index (χ1v) is 6.24. The maximum absolute atomic E-state index is 11.3. The van der Waals surface area contributed by atoms with E-state index in [0.717, 1.165) is 6.42 Å². The largest absolute Gasteiger partial charge is 0.383 e. The van der Waals surface area contributed by atoms with Crippen molar-refractivity contribution >= 4 is 17.2 Å². The molecule has 2 N–H and O–H groups in total. The number of ether oxygens (including phenoxy) is 1. The fourth-order valence-electron chi connectivity index (χ4n) is 1.22. The first kappa shape index (κ1) is 13.2. The zero-order chi connectivity index (χ0) is 11.6. The number of amides is 1. The van der Waals surface area contributed by atoms with E-state index in [-0.39, 0.29) is 5.91 Å². The molecular formula is C11H18N2O2S. The van der Waals surface area contributed by atoms with Gasteiger partial charge < -0.3 is 15.4 Å². The lowest BCUT2D eigenvalue weighted by molar-refractivity contribution is -0.120. The van der Waals surface area contributed by atoms with E-state index in [4.69, 9.17) is 4.74 Å². The number of thiophene rings is 1. The Balaban J connectivity index is 1.98. The van der Waals surface area contributed by atoms with Gasteiger partial charge in [0, 0.05) is 20.2 Å². The fraction of sp³-hybridized carbons (Fsp3) is 0.545. The number of carbonyl (C=O) groups is 1. The molecule has 0 bridgehead atoms. The van der Waals surface area contributed by atoms with E-state index < -0.39 is 0 Å². The van der Waals surface area contributed by atoms with Gasteiger partial charge in [0.2, 0.25) is 5.91 Å². The third-order valence-corrected chi connectivity index (χ3v) is 2.82. The van der Waals surface area contributed by atoms with Crippen molar-refractivity contribution in [2.45, 2.75) is 6.42 Å². The minimum atomic E-state index is 0.0336. The van der Waals surface area contributed by atoms with Crippen molar-refractivity contribution in [1.82, 2.24) is 10.6 Å². The summed E-state index contributed by atoms with van der Waals surface area (Å²) < 4.78 is 4.86. The molecule has 1 rings (SSSR count). The molecule has 1 heterocycles. The third kappa shape index (κ3) is 5.85. The molecule has 0 aliphatic carbocycles. The van der Waals surface area contributed by atoms with Crippen LogP contribution < -0.4 is 10.6 Å². The van der Waals surface area contributed by atoms with Crippen molar-refractivity contribution in [1.29, 1.82) is 0 Å². The van der Waals surface area contributed by atoms with E-state index in [2.05, 4.69) is 22.1 Å². The van der Waals surface area contributed by atoms with E-state index in [1.54, 1.807) is 18.4 Å². The van der Waals surface area contributed by atoms with Crippen molar-refractivity contribution in [2.24, 2.45) is 0 Å². The molecular weight excluding hydrogens is 224 g/mol. The second-order valence-corrected chi connectivity index (χ2v) is 4.18. The third-order valence-electron chi connectivity index (χ3n) is 2.08. The maximum atomic E-state index is 11.3. The van der Waals surface area contributed by atoms with Crippen LogP contribution in [0.15, 0.2) is 16.8 Å². The Hall–Kier alpha value is -0.910. The Morgan fingerprint density at radius 3 is 3.06 bits per heavy atom. The van der Waals surface area contributed by atoms with Gasteiger partial charge in [-0.25, -0.2) is 0 Å². The summed E-state index contributed by atoms with van der Waals surface area (Å²) >= 11 is 1.68. The van der Waals surface area contributed by atoms with E-state index in [0.29, 0.717) is 26.2 Å². The number of nitrogens with one attached hydrogen (secondary N) is 2. The van der Waals surface area contributed by atoms with Crippen LogP contribution >= 0.6 is 11.3 Å². The average Bonchev–Trinajstić information content (AvgIpc) is 2.77. The van der Waals surface area contributed by atoms with Crippen molar-refractivity contribution in [3.05, 3.63) is 22.4 Å². The van der Waals surface area contributed by atoms with Gasteiger partial charge in [-0.3, -0.25) is 4.79 Å². The molecule has 0 radical (unpaired) electrons. The summed E-state index contributed by atoms with van der Waals surface area (Å²) in [4.78, 5) is 11.3. The SMILES string of the molecule is COCCNCC(=O)NCCc1ccsc1. The Bertz CT molecular complexity index is 288. The lowest BCUT2D eigenvalue weighted by atomic mass is 10.2. The highest BCUT2D eigenvalue weighted by molar-refractivity contribution is 7.07. The molecule has 0 saturated heterocycles. The predicted molar refractivity (Wildman–Crippen MR) is 65.8 cm³/mol. The average molecular weight is 242 g/mol. The van der Waals surface area contributed by atoms with Crippen molar-refractivity contribution in [3.8, 4) is 0 Å². The van der Waals surface area contributed by atoms with Gasteiger partial charge in [0.15, 0.2) is 0 Å². The van der Waals surface area contributed by atoms with Crippen LogP contribution in [-0.4, -0.2) is 39.3 Å². The van der Waals surface area contributed by atoms with Gasteiger partial charge in [-0.2, -0.15) is 11.3 Å². The lowest BCUT2D eigenvalue weighted by Gasteiger charge is -2.05. The molecule has 0 aliphatic rings. The van der Waals surface area contributed by atoms with Gasteiger partial charge in [-0.05, 0) is 28.8 Å². The van der Waals surface area contributed by atoms with E-state index in [1.165, 1.54) is 5.56 Å². The Morgan fingerprint density at radius 2 is 2.38 bits per heavy atom. The normalized spacial score (nSPS) is 10.3. The van der Waals surface area contributed by atoms with Crippen molar-refractivity contribution in [2.75, 3.05) is 33.4 Å². The topological polar surface area (TPSA) is 50.4 Å². The fourth-order valence-corrected chi connectivity index (χ4v) is 1.92. The summed E-state index contributed by atoms with van der Waals surface area (Å²) in [6, 6.07) is 2.08. The van der Waals surface area contributed by atoms with E-state index in [9.17, 15) is 4.79 Å². The first-order chi connectivity index (χ1) is 7.83. The van der Waals surface area contributed by atoms with Crippen LogP contribution in [0.3, 0.4) is 0 Å². The molecule has 0 fully saturated rings. The highest BCUT2D eigenvalue weighted by Crippen LogP contribution is 2.05. The number of hydrogen-bond acceptors (Lipinski definition) is 4. The molecule has 5 heteroatoms. The van der Waals surface area contributed by atoms with E-state index in [1.807, 2.05) is 5.38 Å². The second-order valence-electron chi connectivity index (χ2n) is 3.40. The summed E-state index contributed by atoms with van der Waals surface area (Å²) in [5.41, 5.74) is 1.28. The molecule has 0 unspecified atom stereocenters. The number of hydrogen-bond donors (Lipinski definition) is 2. The molecule has 0 aliphatic heterocycles. The highest BCUT2D eigenvalue weighted by atomic mass is 32.1. The van der Waals surface area contributed by atoms with Gasteiger partial charge in [-0.15, -0.1) is 0 Å². The Kier molecular flexibility index (Phi) is 6.80. The van der Waals surface area contributed by atoms with Crippen LogP contribution in [0.5, 0.6) is 0 Å². The lowest BCUT2D eigenvalue weighted by Crippen LogP contribution is -2.36. The Labute approximate surface area is 100 Å². The minimum Gasteiger partial charge on any atom is -0.383 e. The molecule has 0 spiro atoms. The van der Waals surface area contributed by atoms with Crippen LogP contribution in [0.2, 0.25) is 0 Å². The minimum absolute atomic E-state index is 0.0336. The van der Waals surface area contributed by atoms with Gasteiger partial charge in [0.05, 0.1) is 13.2 Å². The second kappa shape index (κ2) is 8.27. The summed E-state index contributed by atoms with van der Waals surface area (Å²) in [6.07, 6.45) is 0.896. The maximum Gasteiger partial charge on any atom is 0.233 e. The molecule has 1 amide bonds. The number of carbonyl (C=O) groups excluding carboxylic acids is 1. The van der Waals surface area contributed by atoms with E-state index >= 15 is 0 Å². The predicted octanol–water partition coefficient (Wildman–Crippen LogP) is 0.643. The molecule has 0 atom stereocenters. The Morgan fingerprint density at radius 1 is 1.50 bits per heavy atom.